The Balaban J connectivity index is 2.13. The van der Waals surface area contributed by atoms with Gasteiger partial charge in [-0.05, 0) is 36.4 Å². The van der Waals surface area contributed by atoms with E-state index < -0.39 is 0 Å². The average molecular weight is 227 g/mol. The van der Waals surface area contributed by atoms with E-state index in [-0.39, 0.29) is 0 Å². The molecule has 0 bridgehead atoms. The van der Waals surface area contributed by atoms with Crippen molar-refractivity contribution < 1.29 is 14.3 Å². The summed E-state index contributed by atoms with van der Waals surface area (Å²) < 4.78 is 5.48. The van der Waals surface area contributed by atoms with Crippen molar-refractivity contribution in [2.45, 2.75) is 0 Å². The fourth-order valence-corrected chi connectivity index (χ4v) is 1.27. The van der Waals surface area contributed by atoms with E-state index >= 15 is 0 Å². The normalized spacial score (nSPS) is 9.65. The third-order valence-electron chi connectivity index (χ3n) is 2.13. The molecule has 4 heteroatoms. The fraction of sp³-hybridized carbons (Fsp3) is 0. The molecule has 2 rings (SSSR count). The number of rotatable bonds is 4. The van der Waals surface area contributed by atoms with Crippen LogP contribution in [0.2, 0.25) is 0 Å². The molecule has 2 aromatic rings. The molecule has 1 aromatic carbocycles. The Morgan fingerprint density at radius 2 is 1.59 bits per heavy atom. The predicted octanol–water partition coefficient (Wildman–Crippen LogP) is 2.50. The Kier molecular flexibility index (Phi) is 3.25. The van der Waals surface area contributed by atoms with E-state index in [0.717, 1.165) is 6.29 Å². The number of hydrogen-bond acceptors (Lipinski definition) is 4. The van der Waals surface area contributed by atoms with Crippen LogP contribution in [0.1, 0.15) is 20.8 Å². The molecule has 0 saturated carbocycles. The van der Waals surface area contributed by atoms with Gasteiger partial charge in [-0.1, -0.05) is 0 Å². The number of carbonyl (C=O) groups excluding carboxylic acids is 2. The van der Waals surface area contributed by atoms with Crippen LogP contribution < -0.4 is 4.74 Å². The number of nitrogens with zero attached hydrogens (tertiary/aromatic N) is 1. The number of benzene rings is 1. The van der Waals surface area contributed by atoms with Gasteiger partial charge >= 0.3 is 0 Å². The van der Waals surface area contributed by atoms with Crippen LogP contribution >= 0.6 is 0 Å². The first-order valence-corrected chi connectivity index (χ1v) is 4.96. The molecule has 0 N–H and O–H groups in total. The lowest BCUT2D eigenvalue weighted by atomic mass is 10.2. The average Bonchev–Trinajstić information content (AvgIpc) is 2.40. The van der Waals surface area contributed by atoms with Gasteiger partial charge in [-0.3, -0.25) is 9.59 Å². The highest BCUT2D eigenvalue weighted by Crippen LogP contribution is 2.20. The van der Waals surface area contributed by atoms with Crippen LogP contribution in [-0.2, 0) is 0 Å². The van der Waals surface area contributed by atoms with E-state index in [4.69, 9.17) is 4.74 Å². The van der Waals surface area contributed by atoms with E-state index in [1.165, 1.54) is 6.20 Å². The number of ether oxygens (including phenoxy) is 1. The third-order valence-corrected chi connectivity index (χ3v) is 2.13. The van der Waals surface area contributed by atoms with Gasteiger partial charge in [0.05, 0.1) is 6.20 Å². The highest BCUT2D eigenvalue weighted by Gasteiger charge is 1.98. The highest BCUT2D eigenvalue weighted by molar-refractivity contribution is 5.74. The van der Waals surface area contributed by atoms with Gasteiger partial charge in [-0.2, -0.15) is 0 Å². The zero-order valence-corrected chi connectivity index (χ0v) is 8.87. The van der Waals surface area contributed by atoms with Crippen LogP contribution in [0.3, 0.4) is 0 Å². The predicted molar refractivity (Wildman–Crippen MR) is 61.5 cm³/mol. The van der Waals surface area contributed by atoms with E-state index in [1.807, 2.05) is 0 Å². The molecule has 0 spiro atoms. The van der Waals surface area contributed by atoms with Crippen LogP contribution in [0.4, 0.5) is 0 Å². The summed E-state index contributed by atoms with van der Waals surface area (Å²) in [4.78, 5) is 24.8. The summed E-state index contributed by atoms with van der Waals surface area (Å²) in [7, 11) is 0. The summed E-state index contributed by atoms with van der Waals surface area (Å²) in [6, 6.07) is 9.94. The summed E-state index contributed by atoms with van der Waals surface area (Å²) in [5, 5.41) is 0. The zero-order chi connectivity index (χ0) is 12.1. The molecule has 0 radical (unpaired) electrons. The van der Waals surface area contributed by atoms with E-state index in [2.05, 4.69) is 4.98 Å². The van der Waals surface area contributed by atoms with Crippen LogP contribution in [-0.4, -0.2) is 17.6 Å². The van der Waals surface area contributed by atoms with Gasteiger partial charge in [-0.15, -0.1) is 0 Å². The van der Waals surface area contributed by atoms with Crippen molar-refractivity contribution in [2.75, 3.05) is 0 Å². The molecule has 17 heavy (non-hydrogen) atoms. The van der Waals surface area contributed by atoms with Crippen molar-refractivity contribution in [3.05, 3.63) is 53.9 Å². The lowest BCUT2D eigenvalue weighted by Gasteiger charge is -2.04. The maximum Gasteiger partial charge on any atom is 0.168 e. The lowest BCUT2D eigenvalue weighted by molar-refractivity contribution is 0.111. The molecule has 1 heterocycles. The Bertz CT molecular complexity index is 468. The Labute approximate surface area is 97.9 Å². The van der Waals surface area contributed by atoms with Crippen molar-refractivity contribution in [1.82, 2.24) is 4.98 Å². The van der Waals surface area contributed by atoms with Gasteiger partial charge < -0.3 is 4.74 Å². The summed E-state index contributed by atoms with van der Waals surface area (Å²) in [5.41, 5.74) is 0.945. The summed E-state index contributed by atoms with van der Waals surface area (Å²) in [5.74, 6) is 1.14. The third kappa shape index (κ3) is 2.75. The number of carbonyl (C=O) groups is 2. The summed E-state index contributed by atoms with van der Waals surface area (Å²) >= 11 is 0. The molecule has 0 unspecified atom stereocenters. The molecule has 0 saturated heterocycles. The molecular weight excluding hydrogens is 218 g/mol. The van der Waals surface area contributed by atoms with E-state index in [1.54, 1.807) is 36.4 Å². The first-order chi connectivity index (χ1) is 8.31. The molecule has 84 valence electrons. The van der Waals surface area contributed by atoms with Crippen LogP contribution in [0.25, 0.3) is 0 Å². The topological polar surface area (TPSA) is 56.3 Å². The van der Waals surface area contributed by atoms with Crippen molar-refractivity contribution in [1.29, 1.82) is 0 Å². The van der Waals surface area contributed by atoms with E-state index in [0.29, 0.717) is 29.0 Å². The van der Waals surface area contributed by atoms with Crippen LogP contribution in [0, 0.1) is 0 Å². The molecule has 4 nitrogen and oxygen atoms in total. The number of hydrogen-bond donors (Lipinski definition) is 0. The molecule has 1 aromatic heterocycles. The van der Waals surface area contributed by atoms with Crippen molar-refractivity contribution >= 4 is 12.6 Å². The van der Waals surface area contributed by atoms with Gasteiger partial charge in [0.15, 0.2) is 6.29 Å². The fourth-order valence-electron chi connectivity index (χ4n) is 1.27. The standard InChI is InChI=1S/C13H9NO3/c15-8-10-1-4-12(5-2-10)17-13-6-3-11(9-16)14-7-13/h1-9H. The molecular formula is C13H9NO3. The molecule has 0 aliphatic carbocycles. The molecule has 0 aliphatic rings. The Hall–Kier alpha value is -2.49. The van der Waals surface area contributed by atoms with Gasteiger partial charge in [0, 0.05) is 5.56 Å². The van der Waals surface area contributed by atoms with Crippen molar-refractivity contribution in [3.63, 3.8) is 0 Å². The SMILES string of the molecule is O=Cc1ccc(Oc2ccc(C=O)nc2)cc1. The van der Waals surface area contributed by atoms with Gasteiger partial charge in [-0.25, -0.2) is 4.98 Å². The maximum absolute atomic E-state index is 10.5. The largest absolute Gasteiger partial charge is 0.456 e. The first-order valence-electron chi connectivity index (χ1n) is 4.96. The van der Waals surface area contributed by atoms with Gasteiger partial charge in [0.2, 0.25) is 0 Å². The monoisotopic (exact) mass is 227 g/mol. The molecule has 0 amide bonds. The molecule has 0 atom stereocenters. The summed E-state index contributed by atoms with van der Waals surface area (Å²) in [6.07, 6.45) is 2.91. The van der Waals surface area contributed by atoms with Crippen molar-refractivity contribution in [3.8, 4) is 11.5 Å². The quantitative estimate of drug-likeness (QED) is 0.753. The van der Waals surface area contributed by atoms with Gasteiger partial charge in [0.25, 0.3) is 0 Å². The minimum Gasteiger partial charge on any atom is -0.456 e. The molecule has 0 fully saturated rings. The number of pyridine rings is 1. The second-order valence-corrected chi connectivity index (χ2v) is 3.33. The van der Waals surface area contributed by atoms with Crippen LogP contribution in [0.15, 0.2) is 42.6 Å². The lowest BCUT2D eigenvalue weighted by Crippen LogP contribution is -1.89. The Morgan fingerprint density at radius 1 is 0.882 bits per heavy atom. The second-order valence-electron chi connectivity index (χ2n) is 3.33. The van der Waals surface area contributed by atoms with Gasteiger partial charge in [0.1, 0.15) is 23.5 Å². The zero-order valence-electron chi connectivity index (χ0n) is 8.87. The minimum atomic E-state index is 0.355. The van der Waals surface area contributed by atoms with Crippen molar-refractivity contribution in [2.24, 2.45) is 0 Å². The van der Waals surface area contributed by atoms with E-state index in [9.17, 15) is 9.59 Å². The first kappa shape index (κ1) is 11.0. The Morgan fingerprint density at radius 3 is 2.12 bits per heavy atom. The summed E-state index contributed by atoms with van der Waals surface area (Å²) in [6.45, 7) is 0. The van der Waals surface area contributed by atoms with Crippen LogP contribution in [0.5, 0.6) is 11.5 Å². The second kappa shape index (κ2) is 5.03. The smallest absolute Gasteiger partial charge is 0.168 e. The minimum absolute atomic E-state index is 0.355. The highest BCUT2D eigenvalue weighted by atomic mass is 16.5. The number of aldehydes is 2. The molecule has 0 aliphatic heterocycles. The number of aromatic nitrogens is 1. The maximum atomic E-state index is 10.5.